The van der Waals surface area contributed by atoms with Crippen molar-refractivity contribution < 1.29 is 4.79 Å². The maximum absolute atomic E-state index is 11.2. The zero-order chi connectivity index (χ0) is 14.8. The second-order valence-electron chi connectivity index (χ2n) is 4.93. The van der Waals surface area contributed by atoms with Crippen LogP contribution in [0.3, 0.4) is 0 Å². The van der Waals surface area contributed by atoms with E-state index >= 15 is 0 Å². The number of nitrogens with zero attached hydrogens (tertiary/aromatic N) is 1. The number of benzene rings is 1. The van der Waals surface area contributed by atoms with Crippen LogP contribution in [-0.2, 0) is 4.79 Å². The van der Waals surface area contributed by atoms with Crippen LogP contribution in [0.15, 0.2) is 36.9 Å². The molecule has 0 heterocycles. The zero-order valence-corrected chi connectivity index (χ0v) is 12.7. The molecule has 1 rings (SSSR count). The summed E-state index contributed by atoms with van der Waals surface area (Å²) in [4.78, 5) is 13.7. The van der Waals surface area contributed by atoms with Crippen LogP contribution < -0.4 is 10.2 Å². The topological polar surface area (TPSA) is 32.3 Å². The zero-order valence-electron chi connectivity index (χ0n) is 12.7. The molecule has 0 aliphatic carbocycles. The summed E-state index contributed by atoms with van der Waals surface area (Å²) >= 11 is 0. The van der Waals surface area contributed by atoms with Gasteiger partial charge in [-0.05, 0) is 43.2 Å². The summed E-state index contributed by atoms with van der Waals surface area (Å²) in [6.07, 6.45) is 6.10. The molecule has 0 spiro atoms. The summed E-state index contributed by atoms with van der Waals surface area (Å²) in [5.74, 6) is -0.174. The minimum absolute atomic E-state index is 0.174. The number of unbranched alkanes of at least 4 members (excludes halogenated alkanes) is 2. The molecule has 0 saturated heterocycles. The van der Waals surface area contributed by atoms with E-state index in [4.69, 9.17) is 0 Å². The molecule has 3 heteroatoms. The number of carbonyl (C=O) groups excluding carboxylic acids is 1. The van der Waals surface area contributed by atoms with Crippen LogP contribution in [-0.4, -0.2) is 19.0 Å². The van der Waals surface area contributed by atoms with Gasteiger partial charge in [0, 0.05) is 24.5 Å². The monoisotopic (exact) mass is 274 g/mol. The second kappa shape index (κ2) is 9.18. The van der Waals surface area contributed by atoms with E-state index in [0.717, 1.165) is 18.8 Å². The molecule has 0 fully saturated rings. The van der Waals surface area contributed by atoms with Gasteiger partial charge in [-0.25, -0.2) is 0 Å². The molecule has 0 aromatic heterocycles. The lowest BCUT2D eigenvalue weighted by Gasteiger charge is -2.25. The fraction of sp³-hybridized carbons (Fsp3) is 0.471. The second-order valence-corrected chi connectivity index (χ2v) is 4.93. The number of hydrogen-bond acceptors (Lipinski definition) is 2. The summed E-state index contributed by atoms with van der Waals surface area (Å²) in [5.41, 5.74) is 2.04. The van der Waals surface area contributed by atoms with Gasteiger partial charge in [0.2, 0.25) is 5.91 Å². The van der Waals surface area contributed by atoms with Gasteiger partial charge in [0.15, 0.2) is 0 Å². The number of nitrogens with one attached hydrogen (secondary N) is 1. The van der Waals surface area contributed by atoms with Crippen molar-refractivity contribution in [1.82, 2.24) is 0 Å². The number of amides is 1. The number of anilines is 2. The highest BCUT2D eigenvalue weighted by atomic mass is 16.1. The molecule has 110 valence electrons. The van der Waals surface area contributed by atoms with Crippen LogP contribution in [0.4, 0.5) is 11.4 Å². The summed E-state index contributed by atoms with van der Waals surface area (Å²) in [7, 11) is 0. The lowest BCUT2D eigenvalue weighted by Crippen LogP contribution is -2.25. The third-order valence-electron chi connectivity index (χ3n) is 3.25. The molecule has 0 atom stereocenters. The van der Waals surface area contributed by atoms with Crippen molar-refractivity contribution in [2.75, 3.05) is 23.3 Å². The van der Waals surface area contributed by atoms with Crippen molar-refractivity contribution in [1.29, 1.82) is 0 Å². The SMILES string of the molecule is C=CC(=O)Nc1ccc(N(CCCC)CCCC)cc1. The van der Waals surface area contributed by atoms with E-state index in [9.17, 15) is 4.79 Å². The molecule has 0 bridgehead atoms. The van der Waals surface area contributed by atoms with E-state index in [1.807, 2.05) is 12.1 Å². The smallest absolute Gasteiger partial charge is 0.247 e. The van der Waals surface area contributed by atoms with Crippen molar-refractivity contribution in [2.24, 2.45) is 0 Å². The van der Waals surface area contributed by atoms with E-state index in [1.165, 1.54) is 37.4 Å². The van der Waals surface area contributed by atoms with Crippen molar-refractivity contribution in [3.8, 4) is 0 Å². The van der Waals surface area contributed by atoms with Crippen molar-refractivity contribution in [3.05, 3.63) is 36.9 Å². The quantitative estimate of drug-likeness (QED) is 0.684. The standard InChI is InChI=1S/C17H26N2O/c1-4-7-13-19(14-8-5-2)16-11-9-15(10-12-16)18-17(20)6-3/h6,9-12H,3-5,7-8,13-14H2,1-2H3,(H,18,20). The molecular formula is C17H26N2O. The van der Waals surface area contributed by atoms with Gasteiger partial charge >= 0.3 is 0 Å². The number of carbonyl (C=O) groups is 1. The Bertz CT molecular complexity index is 404. The molecule has 1 aromatic rings. The highest BCUT2D eigenvalue weighted by Gasteiger charge is 2.06. The normalized spacial score (nSPS) is 10.1. The minimum Gasteiger partial charge on any atom is -0.372 e. The molecule has 0 radical (unpaired) electrons. The summed E-state index contributed by atoms with van der Waals surface area (Å²) in [6.45, 7) is 10.1. The van der Waals surface area contributed by atoms with Crippen LogP contribution in [0.5, 0.6) is 0 Å². The largest absolute Gasteiger partial charge is 0.372 e. The van der Waals surface area contributed by atoms with Gasteiger partial charge in [0.1, 0.15) is 0 Å². The first-order valence-corrected chi connectivity index (χ1v) is 7.49. The van der Waals surface area contributed by atoms with Crippen molar-refractivity contribution >= 4 is 17.3 Å². The first-order chi connectivity index (χ1) is 9.71. The third-order valence-corrected chi connectivity index (χ3v) is 3.25. The highest BCUT2D eigenvalue weighted by Crippen LogP contribution is 2.19. The molecule has 0 aliphatic heterocycles. The van der Waals surface area contributed by atoms with Crippen LogP contribution in [0, 0.1) is 0 Å². The lowest BCUT2D eigenvalue weighted by molar-refractivity contribution is -0.111. The Morgan fingerprint density at radius 1 is 1.15 bits per heavy atom. The first kappa shape index (κ1) is 16.3. The van der Waals surface area contributed by atoms with Crippen LogP contribution in [0.1, 0.15) is 39.5 Å². The van der Waals surface area contributed by atoms with E-state index in [0.29, 0.717) is 0 Å². The fourth-order valence-electron chi connectivity index (χ4n) is 2.02. The molecule has 0 aliphatic rings. The summed E-state index contributed by atoms with van der Waals surface area (Å²) in [6, 6.07) is 8.04. The van der Waals surface area contributed by atoms with Gasteiger partial charge in [-0.1, -0.05) is 33.3 Å². The van der Waals surface area contributed by atoms with Gasteiger partial charge in [0.25, 0.3) is 0 Å². The van der Waals surface area contributed by atoms with E-state index in [-0.39, 0.29) is 5.91 Å². The maximum Gasteiger partial charge on any atom is 0.247 e. The van der Waals surface area contributed by atoms with Crippen LogP contribution >= 0.6 is 0 Å². The Labute approximate surface area is 122 Å². The van der Waals surface area contributed by atoms with Gasteiger partial charge in [-0.3, -0.25) is 4.79 Å². The fourth-order valence-corrected chi connectivity index (χ4v) is 2.02. The molecule has 1 N–H and O–H groups in total. The predicted octanol–water partition coefficient (Wildman–Crippen LogP) is 4.22. The summed E-state index contributed by atoms with van der Waals surface area (Å²) in [5, 5.41) is 2.77. The number of hydrogen-bond donors (Lipinski definition) is 1. The Hall–Kier alpha value is -1.77. The Morgan fingerprint density at radius 3 is 2.15 bits per heavy atom. The summed E-state index contributed by atoms with van der Waals surface area (Å²) < 4.78 is 0. The van der Waals surface area contributed by atoms with E-state index < -0.39 is 0 Å². The van der Waals surface area contributed by atoms with Gasteiger partial charge < -0.3 is 10.2 Å². The van der Waals surface area contributed by atoms with Gasteiger partial charge in [0.05, 0.1) is 0 Å². The van der Waals surface area contributed by atoms with Gasteiger partial charge in [-0.15, -0.1) is 0 Å². The van der Waals surface area contributed by atoms with E-state index in [2.05, 4.69) is 42.8 Å². The number of rotatable bonds is 9. The molecule has 0 unspecified atom stereocenters. The molecule has 0 saturated carbocycles. The van der Waals surface area contributed by atoms with Crippen molar-refractivity contribution in [2.45, 2.75) is 39.5 Å². The van der Waals surface area contributed by atoms with Crippen molar-refractivity contribution in [3.63, 3.8) is 0 Å². The Morgan fingerprint density at radius 2 is 1.70 bits per heavy atom. The highest BCUT2D eigenvalue weighted by molar-refractivity contribution is 5.98. The average molecular weight is 274 g/mol. The predicted molar refractivity (Wildman–Crippen MR) is 87.3 cm³/mol. The molecular weight excluding hydrogens is 248 g/mol. The van der Waals surface area contributed by atoms with E-state index in [1.54, 1.807) is 0 Å². The lowest BCUT2D eigenvalue weighted by atomic mass is 10.2. The Kier molecular flexibility index (Phi) is 7.48. The maximum atomic E-state index is 11.2. The molecule has 20 heavy (non-hydrogen) atoms. The third kappa shape index (κ3) is 5.47. The minimum atomic E-state index is -0.174. The first-order valence-electron chi connectivity index (χ1n) is 7.49. The van der Waals surface area contributed by atoms with Crippen LogP contribution in [0.2, 0.25) is 0 Å². The average Bonchev–Trinajstić information content (AvgIpc) is 2.48. The molecule has 3 nitrogen and oxygen atoms in total. The van der Waals surface area contributed by atoms with Gasteiger partial charge in [-0.2, -0.15) is 0 Å². The molecule has 1 aromatic carbocycles. The van der Waals surface area contributed by atoms with Crippen LogP contribution in [0.25, 0.3) is 0 Å². The molecule has 1 amide bonds. The Balaban J connectivity index is 2.70.